The summed E-state index contributed by atoms with van der Waals surface area (Å²) in [6.45, 7) is 12.8. The van der Waals surface area contributed by atoms with E-state index in [0.717, 1.165) is 71.0 Å². The number of piperazine rings is 1. The van der Waals surface area contributed by atoms with Crippen molar-refractivity contribution in [2.24, 2.45) is 11.7 Å². The molecule has 0 amide bonds. The Morgan fingerprint density at radius 1 is 1.13 bits per heavy atom. The van der Waals surface area contributed by atoms with Gasteiger partial charge in [0.2, 0.25) is 0 Å². The third-order valence-electron chi connectivity index (χ3n) is 4.41. The van der Waals surface area contributed by atoms with E-state index in [1.54, 1.807) is 0 Å². The van der Waals surface area contributed by atoms with Crippen molar-refractivity contribution in [3.8, 4) is 5.75 Å². The van der Waals surface area contributed by atoms with Gasteiger partial charge in [-0.3, -0.25) is 4.90 Å². The smallest absolute Gasteiger partial charge is 0.119 e. The molecule has 0 saturated carbocycles. The molecule has 2 N–H and O–H groups in total. The van der Waals surface area contributed by atoms with E-state index in [4.69, 9.17) is 10.5 Å². The summed E-state index contributed by atoms with van der Waals surface area (Å²) < 4.78 is 5.87. The molecule has 0 unspecified atom stereocenters. The van der Waals surface area contributed by atoms with Crippen molar-refractivity contribution in [3.05, 3.63) is 29.8 Å². The summed E-state index contributed by atoms with van der Waals surface area (Å²) in [5.74, 6) is 1.69. The molecule has 23 heavy (non-hydrogen) atoms. The van der Waals surface area contributed by atoms with Gasteiger partial charge in [-0.1, -0.05) is 26.0 Å². The van der Waals surface area contributed by atoms with Gasteiger partial charge in [-0.05, 0) is 49.5 Å². The fraction of sp³-hybridized carbons (Fsp3) is 0.684. The molecule has 0 aromatic heterocycles. The lowest BCUT2D eigenvalue weighted by Crippen LogP contribution is -2.46. The molecule has 1 aliphatic rings. The van der Waals surface area contributed by atoms with Crippen LogP contribution in [0, 0.1) is 5.92 Å². The van der Waals surface area contributed by atoms with E-state index in [2.05, 4.69) is 47.9 Å². The van der Waals surface area contributed by atoms with Crippen LogP contribution in [0.25, 0.3) is 0 Å². The van der Waals surface area contributed by atoms with Gasteiger partial charge in [-0.25, -0.2) is 0 Å². The Kier molecular flexibility index (Phi) is 7.86. The molecular formula is C19H33N3O. The summed E-state index contributed by atoms with van der Waals surface area (Å²) in [4.78, 5) is 5.06. The van der Waals surface area contributed by atoms with Crippen molar-refractivity contribution in [3.63, 3.8) is 0 Å². The van der Waals surface area contributed by atoms with Crippen LogP contribution in [0.3, 0.4) is 0 Å². The van der Waals surface area contributed by atoms with Crippen LogP contribution in [0.1, 0.15) is 32.3 Å². The Balaban J connectivity index is 1.75. The van der Waals surface area contributed by atoms with E-state index in [1.165, 1.54) is 5.56 Å². The summed E-state index contributed by atoms with van der Waals surface area (Å²) in [6.07, 6.45) is 2.21. The molecule has 0 atom stereocenters. The molecule has 1 saturated heterocycles. The van der Waals surface area contributed by atoms with Crippen LogP contribution in [0.2, 0.25) is 0 Å². The second-order valence-corrected chi connectivity index (χ2v) is 6.94. The monoisotopic (exact) mass is 319 g/mol. The van der Waals surface area contributed by atoms with Crippen molar-refractivity contribution in [1.82, 2.24) is 9.80 Å². The Bertz CT molecular complexity index is 442. The molecule has 2 rings (SSSR count). The number of benzene rings is 1. The Morgan fingerprint density at radius 2 is 1.87 bits per heavy atom. The van der Waals surface area contributed by atoms with Crippen LogP contribution in [0.15, 0.2) is 24.3 Å². The molecule has 0 radical (unpaired) electrons. The summed E-state index contributed by atoms with van der Waals surface area (Å²) in [7, 11) is 0. The lowest BCUT2D eigenvalue weighted by Gasteiger charge is -2.34. The van der Waals surface area contributed by atoms with E-state index in [-0.39, 0.29) is 0 Å². The van der Waals surface area contributed by atoms with E-state index in [9.17, 15) is 0 Å². The van der Waals surface area contributed by atoms with Crippen molar-refractivity contribution < 1.29 is 4.74 Å². The topological polar surface area (TPSA) is 41.7 Å². The first-order valence-corrected chi connectivity index (χ1v) is 9.04. The second kappa shape index (κ2) is 9.91. The Morgan fingerprint density at radius 3 is 2.57 bits per heavy atom. The highest BCUT2D eigenvalue weighted by molar-refractivity contribution is 5.28. The van der Waals surface area contributed by atoms with E-state index < -0.39 is 0 Å². The fourth-order valence-corrected chi connectivity index (χ4v) is 2.89. The van der Waals surface area contributed by atoms with E-state index in [0.29, 0.717) is 5.92 Å². The number of ether oxygens (including phenoxy) is 1. The number of nitrogens with two attached hydrogens (primary N) is 1. The Hall–Kier alpha value is -1.10. The molecule has 4 nitrogen and oxygen atoms in total. The minimum Gasteiger partial charge on any atom is -0.494 e. The van der Waals surface area contributed by atoms with Gasteiger partial charge in [0, 0.05) is 32.7 Å². The lowest BCUT2D eigenvalue weighted by molar-refractivity contribution is 0.126. The fourth-order valence-electron chi connectivity index (χ4n) is 2.89. The molecule has 4 heteroatoms. The highest BCUT2D eigenvalue weighted by atomic mass is 16.5. The van der Waals surface area contributed by atoms with Crippen molar-refractivity contribution in [2.45, 2.75) is 33.2 Å². The number of rotatable bonds is 9. The Labute approximate surface area is 141 Å². The third kappa shape index (κ3) is 6.90. The first-order chi connectivity index (χ1) is 11.2. The van der Waals surface area contributed by atoms with Crippen molar-refractivity contribution >= 4 is 0 Å². The van der Waals surface area contributed by atoms with Gasteiger partial charge < -0.3 is 15.4 Å². The van der Waals surface area contributed by atoms with Crippen LogP contribution in [-0.2, 0) is 6.54 Å². The van der Waals surface area contributed by atoms with Crippen LogP contribution in [-0.4, -0.2) is 55.7 Å². The minimum atomic E-state index is 0.689. The summed E-state index contributed by atoms with van der Waals surface area (Å²) in [5, 5.41) is 0. The molecule has 1 aromatic carbocycles. The highest BCUT2D eigenvalue weighted by Gasteiger charge is 2.16. The summed E-state index contributed by atoms with van der Waals surface area (Å²) in [5.41, 5.74) is 6.94. The highest BCUT2D eigenvalue weighted by Crippen LogP contribution is 2.16. The van der Waals surface area contributed by atoms with Crippen molar-refractivity contribution in [1.29, 1.82) is 0 Å². The predicted octanol–water partition coefficient (Wildman–Crippen LogP) is 2.58. The molecule has 1 aliphatic heterocycles. The van der Waals surface area contributed by atoms with Gasteiger partial charge in [0.05, 0.1) is 6.61 Å². The maximum atomic E-state index is 5.87. The quantitative estimate of drug-likeness (QED) is 0.759. The molecule has 0 bridgehead atoms. The molecule has 1 heterocycles. The van der Waals surface area contributed by atoms with Gasteiger partial charge >= 0.3 is 0 Å². The molecule has 1 aromatic rings. The normalized spacial score (nSPS) is 16.9. The van der Waals surface area contributed by atoms with Gasteiger partial charge in [0.15, 0.2) is 0 Å². The minimum absolute atomic E-state index is 0.689. The van der Waals surface area contributed by atoms with Crippen molar-refractivity contribution in [2.75, 3.05) is 45.9 Å². The molecule has 1 fully saturated rings. The summed E-state index contributed by atoms with van der Waals surface area (Å²) in [6, 6.07) is 8.57. The second-order valence-electron chi connectivity index (χ2n) is 6.94. The van der Waals surface area contributed by atoms with Gasteiger partial charge in [-0.2, -0.15) is 0 Å². The van der Waals surface area contributed by atoms with Crippen LogP contribution < -0.4 is 10.5 Å². The average molecular weight is 319 g/mol. The molecule has 0 spiro atoms. The maximum Gasteiger partial charge on any atom is 0.119 e. The maximum absolute atomic E-state index is 5.87. The zero-order valence-electron chi connectivity index (χ0n) is 14.8. The first-order valence-electron chi connectivity index (χ1n) is 9.04. The lowest BCUT2D eigenvalue weighted by atomic mass is 10.1. The zero-order valence-corrected chi connectivity index (χ0v) is 14.8. The molecule has 130 valence electrons. The zero-order chi connectivity index (χ0) is 16.5. The van der Waals surface area contributed by atoms with Crippen LogP contribution >= 0.6 is 0 Å². The van der Waals surface area contributed by atoms with Gasteiger partial charge in [-0.15, -0.1) is 0 Å². The van der Waals surface area contributed by atoms with Gasteiger partial charge in [0.1, 0.15) is 5.75 Å². The van der Waals surface area contributed by atoms with Crippen LogP contribution in [0.4, 0.5) is 0 Å². The van der Waals surface area contributed by atoms with Crippen LogP contribution in [0.5, 0.6) is 5.75 Å². The van der Waals surface area contributed by atoms with Gasteiger partial charge in [0.25, 0.3) is 0 Å². The van der Waals surface area contributed by atoms with E-state index in [1.807, 2.05) is 0 Å². The number of hydrogen-bond acceptors (Lipinski definition) is 4. The SMILES string of the molecule is CC(C)CCOc1cccc(CN2CCN(CCCN)CC2)c1. The molecule has 0 aliphatic carbocycles. The molecular weight excluding hydrogens is 286 g/mol. The largest absolute Gasteiger partial charge is 0.494 e. The third-order valence-corrected chi connectivity index (χ3v) is 4.41. The predicted molar refractivity (Wildman–Crippen MR) is 96.8 cm³/mol. The van der Waals surface area contributed by atoms with E-state index >= 15 is 0 Å². The summed E-state index contributed by atoms with van der Waals surface area (Å²) >= 11 is 0. The standard InChI is InChI=1S/C19H33N3O/c1-17(2)7-14-23-19-6-3-5-18(15-19)16-22-12-10-21(11-13-22)9-4-8-20/h3,5-6,15,17H,4,7-14,16,20H2,1-2H3. The average Bonchev–Trinajstić information content (AvgIpc) is 2.54. The first kappa shape index (κ1) is 18.2. The number of nitrogens with zero attached hydrogens (tertiary/aromatic N) is 2. The number of hydrogen-bond donors (Lipinski definition) is 1.